The molecular weight excluding hydrogens is 234 g/mol. The van der Waals surface area contributed by atoms with Crippen LogP contribution in [-0.2, 0) is 0 Å². The molecule has 0 bridgehead atoms. The van der Waals surface area contributed by atoms with Gasteiger partial charge in [-0.25, -0.2) is 4.98 Å². The number of carbonyl (C=O) groups excluding carboxylic acids is 1. The van der Waals surface area contributed by atoms with E-state index in [0.717, 1.165) is 23.7 Å². The molecule has 1 N–H and O–H groups in total. The van der Waals surface area contributed by atoms with E-state index in [1.54, 1.807) is 5.51 Å². The van der Waals surface area contributed by atoms with Gasteiger partial charge in [0.25, 0.3) is 5.91 Å². The first-order chi connectivity index (χ1) is 8.10. The SMILES string of the molecule is CCN(CC)[C@H](C)CNC(=O)c1scnc1C. The first-order valence-corrected chi connectivity index (χ1v) is 6.90. The Hall–Kier alpha value is -0.940. The molecule has 0 aliphatic rings. The maximum Gasteiger partial charge on any atom is 0.263 e. The van der Waals surface area contributed by atoms with E-state index in [-0.39, 0.29) is 5.91 Å². The second kappa shape index (κ2) is 6.71. The average Bonchev–Trinajstić information content (AvgIpc) is 2.74. The van der Waals surface area contributed by atoms with Crippen LogP contribution in [0.15, 0.2) is 5.51 Å². The molecule has 4 nitrogen and oxygen atoms in total. The number of amides is 1. The number of aryl methyl sites for hydroxylation is 1. The predicted octanol–water partition coefficient (Wildman–Crippen LogP) is 1.91. The zero-order valence-electron chi connectivity index (χ0n) is 11.0. The number of rotatable bonds is 6. The lowest BCUT2D eigenvalue weighted by atomic mass is 10.2. The Bertz CT molecular complexity index is 360. The van der Waals surface area contributed by atoms with E-state index in [1.165, 1.54) is 11.3 Å². The van der Waals surface area contributed by atoms with Crippen molar-refractivity contribution in [3.63, 3.8) is 0 Å². The van der Waals surface area contributed by atoms with Crippen LogP contribution in [0, 0.1) is 6.92 Å². The van der Waals surface area contributed by atoms with Crippen LogP contribution in [-0.4, -0.2) is 41.5 Å². The highest BCUT2D eigenvalue weighted by molar-refractivity contribution is 7.11. The maximum atomic E-state index is 11.9. The van der Waals surface area contributed by atoms with Crippen molar-refractivity contribution in [2.24, 2.45) is 0 Å². The van der Waals surface area contributed by atoms with Gasteiger partial charge in [0.05, 0.1) is 11.2 Å². The van der Waals surface area contributed by atoms with Crippen molar-refractivity contribution in [2.75, 3.05) is 19.6 Å². The van der Waals surface area contributed by atoms with Crippen molar-refractivity contribution in [1.29, 1.82) is 0 Å². The zero-order chi connectivity index (χ0) is 12.8. The van der Waals surface area contributed by atoms with Crippen LogP contribution in [0.4, 0.5) is 0 Å². The van der Waals surface area contributed by atoms with Crippen molar-refractivity contribution >= 4 is 17.2 Å². The molecule has 1 aromatic rings. The van der Waals surface area contributed by atoms with Crippen LogP contribution in [0.1, 0.15) is 36.1 Å². The van der Waals surface area contributed by atoms with Gasteiger partial charge in [0.15, 0.2) is 0 Å². The van der Waals surface area contributed by atoms with E-state index in [4.69, 9.17) is 0 Å². The highest BCUT2D eigenvalue weighted by Gasteiger charge is 2.14. The molecule has 0 aliphatic carbocycles. The minimum absolute atomic E-state index is 0.0102. The molecule has 1 heterocycles. The standard InChI is InChI=1S/C12H21N3OS/c1-5-15(6-2)9(3)7-13-12(16)11-10(4)14-8-17-11/h8-9H,5-7H2,1-4H3,(H,13,16)/t9-/m1/s1. The summed E-state index contributed by atoms with van der Waals surface area (Å²) in [5.41, 5.74) is 2.51. The summed E-state index contributed by atoms with van der Waals surface area (Å²) >= 11 is 1.39. The molecule has 0 aliphatic heterocycles. The molecule has 0 unspecified atom stereocenters. The molecule has 0 aromatic carbocycles. The van der Waals surface area contributed by atoms with Crippen LogP contribution < -0.4 is 5.32 Å². The third-order valence-corrected chi connectivity index (χ3v) is 3.87. The van der Waals surface area contributed by atoms with Crippen molar-refractivity contribution in [3.05, 3.63) is 16.1 Å². The summed E-state index contributed by atoms with van der Waals surface area (Å²) in [7, 11) is 0. The smallest absolute Gasteiger partial charge is 0.263 e. The Morgan fingerprint density at radius 1 is 1.53 bits per heavy atom. The van der Waals surface area contributed by atoms with Gasteiger partial charge < -0.3 is 5.32 Å². The Morgan fingerprint density at radius 3 is 2.65 bits per heavy atom. The van der Waals surface area contributed by atoms with Gasteiger partial charge in [-0.05, 0) is 26.9 Å². The van der Waals surface area contributed by atoms with E-state index in [0.29, 0.717) is 12.6 Å². The Morgan fingerprint density at radius 2 is 2.18 bits per heavy atom. The number of thiazole rings is 1. The molecule has 0 fully saturated rings. The van der Waals surface area contributed by atoms with Gasteiger partial charge in [-0.15, -0.1) is 11.3 Å². The normalized spacial score (nSPS) is 12.8. The quantitative estimate of drug-likeness (QED) is 0.844. The molecule has 1 amide bonds. The minimum Gasteiger partial charge on any atom is -0.350 e. The van der Waals surface area contributed by atoms with Crippen LogP contribution in [0.5, 0.6) is 0 Å². The van der Waals surface area contributed by atoms with Gasteiger partial charge in [-0.3, -0.25) is 9.69 Å². The lowest BCUT2D eigenvalue weighted by Crippen LogP contribution is -2.41. The monoisotopic (exact) mass is 255 g/mol. The van der Waals surface area contributed by atoms with Gasteiger partial charge in [-0.1, -0.05) is 13.8 Å². The highest BCUT2D eigenvalue weighted by atomic mass is 32.1. The summed E-state index contributed by atoms with van der Waals surface area (Å²) in [6.07, 6.45) is 0. The van der Waals surface area contributed by atoms with Gasteiger partial charge in [-0.2, -0.15) is 0 Å². The summed E-state index contributed by atoms with van der Waals surface area (Å²) < 4.78 is 0. The van der Waals surface area contributed by atoms with E-state index >= 15 is 0 Å². The van der Waals surface area contributed by atoms with Crippen LogP contribution in [0.25, 0.3) is 0 Å². The number of likely N-dealkylation sites (N-methyl/N-ethyl adjacent to an activating group) is 1. The third-order valence-electron chi connectivity index (χ3n) is 2.95. The first kappa shape index (κ1) is 14.1. The average molecular weight is 255 g/mol. The van der Waals surface area contributed by atoms with Gasteiger partial charge in [0.2, 0.25) is 0 Å². The van der Waals surface area contributed by atoms with E-state index < -0.39 is 0 Å². The molecule has 0 radical (unpaired) electrons. The summed E-state index contributed by atoms with van der Waals surface area (Å²) in [6.45, 7) is 11.0. The number of nitrogens with one attached hydrogen (secondary N) is 1. The summed E-state index contributed by atoms with van der Waals surface area (Å²) in [4.78, 5) is 19.0. The number of hydrogen-bond donors (Lipinski definition) is 1. The van der Waals surface area contributed by atoms with Crippen LogP contribution >= 0.6 is 11.3 Å². The number of nitrogens with zero attached hydrogens (tertiary/aromatic N) is 2. The predicted molar refractivity (Wildman–Crippen MR) is 71.6 cm³/mol. The molecule has 17 heavy (non-hydrogen) atoms. The molecule has 0 spiro atoms. The summed E-state index contributed by atoms with van der Waals surface area (Å²) in [5, 5.41) is 2.96. The number of hydrogen-bond acceptors (Lipinski definition) is 4. The largest absolute Gasteiger partial charge is 0.350 e. The van der Waals surface area contributed by atoms with Crippen LogP contribution in [0.2, 0.25) is 0 Å². The fourth-order valence-corrected chi connectivity index (χ4v) is 2.54. The molecule has 96 valence electrons. The minimum atomic E-state index is -0.0102. The van der Waals surface area contributed by atoms with Crippen molar-refractivity contribution in [2.45, 2.75) is 33.7 Å². The summed E-state index contributed by atoms with van der Waals surface area (Å²) in [6, 6.07) is 0.363. The molecule has 0 saturated carbocycles. The molecule has 1 rings (SSSR count). The lowest BCUT2D eigenvalue weighted by molar-refractivity contribution is 0.0941. The summed E-state index contributed by atoms with van der Waals surface area (Å²) in [5.74, 6) is -0.0102. The molecular formula is C12H21N3OS. The first-order valence-electron chi connectivity index (χ1n) is 6.02. The third kappa shape index (κ3) is 3.78. The molecule has 1 aromatic heterocycles. The lowest BCUT2D eigenvalue weighted by Gasteiger charge is -2.26. The molecule has 1 atom stereocenters. The van der Waals surface area contributed by atoms with Crippen molar-refractivity contribution < 1.29 is 4.79 Å². The fourth-order valence-electron chi connectivity index (χ4n) is 1.82. The van der Waals surface area contributed by atoms with Gasteiger partial charge >= 0.3 is 0 Å². The van der Waals surface area contributed by atoms with Gasteiger partial charge in [0, 0.05) is 12.6 Å². The molecule has 0 saturated heterocycles. The van der Waals surface area contributed by atoms with Crippen molar-refractivity contribution in [3.8, 4) is 0 Å². The second-order valence-corrected chi connectivity index (χ2v) is 4.90. The second-order valence-electron chi connectivity index (χ2n) is 4.05. The van der Waals surface area contributed by atoms with Crippen LogP contribution in [0.3, 0.4) is 0 Å². The molecule has 5 heteroatoms. The fraction of sp³-hybridized carbons (Fsp3) is 0.667. The van der Waals surface area contributed by atoms with Gasteiger partial charge in [0.1, 0.15) is 4.88 Å². The number of aromatic nitrogens is 1. The maximum absolute atomic E-state index is 11.9. The Balaban J connectivity index is 2.46. The number of carbonyl (C=O) groups is 1. The topological polar surface area (TPSA) is 45.2 Å². The Kier molecular flexibility index (Phi) is 5.58. The van der Waals surface area contributed by atoms with Crippen molar-refractivity contribution in [1.82, 2.24) is 15.2 Å². The Labute approximate surface area is 107 Å². The van der Waals surface area contributed by atoms with E-state index in [1.807, 2.05) is 6.92 Å². The highest BCUT2D eigenvalue weighted by Crippen LogP contribution is 2.11. The van der Waals surface area contributed by atoms with E-state index in [2.05, 4.69) is 36.0 Å². The zero-order valence-corrected chi connectivity index (χ0v) is 11.8. The van der Waals surface area contributed by atoms with E-state index in [9.17, 15) is 4.79 Å².